The van der Waals surface area contributed by atoms with Gasteiger partial charge in [-0.05, 0) is 18.2 Å². The molecule has 15 heavy (non-hydrogen) atoms. The SMILES string of the molecule is Nc1ccc2sc(N3CC(O)C3)nc2c1. The minimum atomic E-state index is -0.193. The number of benzene rings is 1. The molecule has 1 fully saturated rings. The Labute approximate surface area is 91.0 Å². The highest BCUT2D eigenvalue weighted by Gasteiger charge is 2.26. The van der Waals surface area contributed by atoms with Crippen molar-refractivity contribution < 1.29 is 5.11 Å². The molecular formula is C10H11N3OS. The number of rotatable bonds is 1. The Balaban J connectivity index is 1.99. The van der Waals surface area contributed by atoms with E-state index in [1.807, 2.05) is 18.2 Å². The fourth-order valence-corrected chi connectivity index (χ4v) is 2.64. The number of hydrogen-bond donors (Lipinski definition) is 2. The number of β-amino-alcohol motifs (C(OH)–C–C–N with tert-alkyl or cyclic N) is 1. The number of aliphatic hydroxyl groups is 1. The van der Waals surface area contributed by atoms with E-state index < -0.39 is 0 Å². The Hall–Kier alpha value is -1.33. The molecule has 1 aromatic heterocycles. The third-order valence-electron chi connectivity index (χ3n) is 2.53. The molecule has 5 heteroatoms. The van der Waals surface area contributed by atoms with Gasteiger partial charge in [0.1, 0.15) is 0 Å². The van der Waals surface area contributed by atoms with E-state index in [9.17, 15) is 5.11 Å². The fourth-order valence-electron chi connectivity index (χ4n) is 1.68. The summed E-state index contributed by atoms with van der Waals surface area (Å²) in [7, 11) is 0. The molecule has 0 radical (unpaired) electrons. The zero-order chi connectivity index (χ0) is 10.4. The van der Waals surface area contributed by atoms with Gasteiger partial charge in [-0.2, -0.15) is 0 Å². The molecule has 0 amide bonds. The first kappa shape index (κ1) is 8.94. The maximum Gasteiger partial charge on any atom is 0.186 e. The number of nitrogens with zero attached hydrogens (tertiary/aromatic N) is 2. The maximum atomic E-state index is 9.21. The summed E-state index contributed by atoms with van der Waals surface area (Å²) >= 11 is 1.64. The van der Waals surface area contributed by atoms with E-state index in [1.54, 1.807) is 11.3 Å². The normalized spacial score (nSPS) is 17.0. The molecule has 1 aliphatic rings. The third kappa shape index (κ3) is 1.44. The molecule has 0 bridgehead atoms. The predicted octanol–water partition coefficient (Wildman–Crippen LogP) is 1.06. The second-order valence-electron chi connectivity index (χ2n) is 3.78. The van der Waals surface area contributed by atoms with Crippen LogP contribution in [0.25, 0.3) is 10.2 Å². The quantitative estimate of drug-likeness (QED) is 0.707. The molecule has 1 aliphatic heterocycles. The van der Waals surface area contributed by atoms with Crippen LogP contribution < -0.4 is 10.6 Å². The average Bonchev–Trinajstić information content (AvgIpc) is 2.55. The van der Waals surface area contributed by atoms with E-state index in [0.29, 0.717) is 13.1 Å². The first-order chi connectivity index (χ1) is 7.22. The van der Waals surface area contributed by atoms with Crippen molar-refractivity contribution in [1.29, 1.82) is 0 Å². The van der Waals surface area contributed by atoms with Gasteiger partial charge in [0.05, 0.1) is 16.3 Å². The highest BCUT2D eigenvalue weighted by Crippen LogP contribution is 2.31. The number of aliphatic hydroxyl groups excluding tert-OH is 1. The third-order valence-corrected chi connectivity index (χ3v) is 3.63. The molecular weight excluding hydrogens is 210 g/mol. The average molecular weight is 221 g/mol. The highest BCUT2D eigenvalue weighted by molar-refractivity contribution is 7.22. The van der Waals surface area contributed by atoms with Gasteiger partial charge in [0, 0.05) is 18.8 Å². The predicted molar refractivity (Wildman–Crippen MR) is 62.3 cm³/mol. The van der Waals surface area contributed by atoms with E-state index in [2.05, 4.69) is 9.88 Å². The number of nitrogens with two attached hydrogens (primary N) is 1. The summed E-state index contributed by atoms with van der Waals surface area (Å²) in [5.74, 6) is 0. The summed E-state index contributed by atoms with van der Waals surface area (Å²) in [6, 6.07) is 5.75. The van der Waals surface area contributed by atoms with Gasteiger partial charge in [-0.3, -0.25) is 0 Å². The molecule has 4 nitrogen and oxygen atoms in total. The summed E-state index contributed by atoms with van der Waals surface area (Å²) in [6.45, 7) is 1.38. The zero-order valence-corrected chi connectivity index (χ0v) is 8.87. The Kier molecular flexibility index (Phi) is 1.83. The van der Waals surface area contributed by atoms with Gasteiger partial charge >= 0.3 is 0 Å². The van der Waals surface area contributed by atoms with Crippen LogP contribution in [-0.4, -0.2) is 29.3 Å². The summed E-state index contributed by atoms with van der Waals surface area (Å²) in [5, 5.41) is 10.2. The molecule has 2 heterocycles. The maximum absolute atomic E-state index is 9.21. The number of nitrogen functional groups attached to an aromatic ring is 1. The monoisotopic (exact) mass is 221 g/mol. The molecule has 0 atom stereocenters. The van der Waals surface area contributed by atoms with Gasteiger partial charge in [0.15, 0.2) is 5.13 Å². The first-order valence-corrected chi connectivity index (χ1v) is 5.63. The minimum Gasteiger partial charge on any atom is -0.399 e. The van der Waals surface area contributed by atoms with Crippen molar-refractivity contribution >= 4 is 32.4 Å². The highest BCUT2D eigenvalue weighted by atomic mass is 32.1. The summed E-state index contributed by atoms with van der Waals surface area (Å²) < 4.78 is 1.14. The molecule has 78 valence electrons. The van der Waals surface area contributed by atoms with Crippen LogP contribution in [0, 0.1) is 0 Å². The molecule has 3 rings (SSSR count). The Morgan fingerprint density at radius 1 is 1.47 bits per heavy atom. The molecule has 1 saturated heterocycles. The van der Waals surface area contributed by atoms with E-state index >= 15 is 0 Å². The molecule has 0 unspecified atom stereocenters. The molecule has 0 saturated carbocycles. The lowest BCUT2D eigenvalue weighted by Gasteiger charge is -2.35. The molecule has 1 aromatic carbocycles. The standard InChI is InChI=1S/C10H11N3OS/c11-6-1-2-9-8(3-6)12-10(15-9)13-4-7(14)5-13/h1-3,7,14H,4-5,11H2. The van der Waals surface area contributed by atoms with E-state index in [0.717, 1.165) is 21.0 Å². The lowest BCUT2D eigenvalue weighted by molar-refractivity contribution is 0.142. The van der Waals surface area contributed by atoms with Gasteiger partial charge < -0.3 is 15.7 Å². The van der Waals surface area contributed by atoms with Crippen molar-refractivity contribution in [2.75, 3.05) is 23.7 Å². The Bertz CT molecular complexity index is 504. The van der Waals surface area contributed by atoms with Crippen LogP contribution in [0.15, 0.2) is 18.2 Å². The molecule has 3 N–H and O–H groups in total. The van der Waals surface area contributed by atoms with Crippen molar-refractivity contribution in [1.82, 2.24) is 4.98 Å². The second-order valence-corrected chi connectivity index (χ2v) is 4.79. The van der Waals surface area contributed by atoms with Crippen LogP contribution in [0.3, 0.4) is 0 Å². The summed E-state index contributed by atoms with van der Waals surface area (Å²) in [4.78, 5) is 6.56. The second kappa shape index (κ2) is 3.08. The van der Waals surface area contributed by atoms with Crippen molar-refractivity contribution in [3.05, 3.63) is 18.2 Å². The minimum absolute atomic E-state index is 0.193. The van der Waals surface area contributed by atoms with E-state index in [-0.39, 0.29) is 6.10 Å². The van der Waals surface area contributed by atoms with Gasteiger partial charge in [-0.1, -0.05) is 11.3 Å². The largest absolute Gasteiger partial charge is 0.399 e. The van der Waals surface area contributed by atoms with Crippen molar-refractivity contribution in [3.63, 3.8) is 0 Å². The van der Waals surface area contributed by atoms with Gasteiger partial charge in [0.2, 0.25) is 0 Å². The molecule has 2 aromatic rings. The van der Waals surface area contributed by atoms with Crippen LogP contribution in [0.1, 0.15) is 0 Å². The topological polar surface area (TPSA) is 62.4 Å². The summed E-state index contributed by atoms with van der Waals surface area (Å²) in [5.41, 5.74) is 7.37. The van der Waals surface area contributed by atoms with Crippen LogP contribution in [0.4, 0.5) is 10.8 Å². The van der Waals surface area contributed by atoms with Crippen molar-refractivity contribution in [3.8, 4) is 0 Å². The van der Waals surface area contributed by atoms with E-state index in [4.69, 9.17) is 5.73 Å². The van der Waals surface area contributed by atoms with Crippen LogP contribution in [0.5, 0.6) is 0 Å². The Morgan fingerprint density at radius 3 is 3.00 bits per heavy atom. The zero-order valence-electron chi connectivity index (χ0n) is 8.05. The first-order valence-electron chi connectivity index (χ1n) is 4.81. The van der Waals surface area contributed by atoms with Gasteiger partial charge in [-0.15, -0.1) is 0 Å². The van der Waals surface area contributed by atoms with Crippen LogP contribution in [0.2, 0.25) is 0 Å². The van der Waals surface area contributed by atoms with Gasteiger partial charge in [-0.25, -0.2) is 4.98 Å². The van der Waals surface area contributed by atoms with Crippen molar-refractivity contribution in [2.45, 2.75) is 6.10 Å². The summed E-state index contributed by atoms with van der Waals surface area (Å²) in [6.07, 6.45) is -0.193. The molecule has 0 aliphatic carbocycles. The number of thiazole rings is 1. The number of fused-ring (bicyclic) bond motifs is 1. The van der Waals surface area contributed by atoms with Crippen molar-refractivity contribution in [2.24, 2.45) is 0 Å². The Morgan fingerprint density at radius 2 is 2.27 bits per heavy atom. The smallest absolute Gasteiger partial charge is 0.186 e. The number of hydrogen-bond acceptors (Lipinski definition) is 5. The number of anilines is 2. The van der Waals surface area contributed by atoms with Gasteiger partial charge in [0.25, 0.3) is 0 Å². The van der Waals surface area contributed by atoms with E-state index in [1.165, 1.54) is 0 Å². The lowest BCUT2D eigenvalue weighted by Crippen LogP contribution is -2.50. The van der Waals surface area contributed by atoms with Crippen LogP contribution in [-0.2, 0) is 0 Å². The molecule has 0 spiro atoms. The lowest BCUT2D eigenvalue weighted by atomic mass is 10.2. The fraction of sp³-hybridized carbons (Fsp3) is 0.300. The number of aromatic nitrogens is 1. The van der Waals surface area contributed by atoms with Crippen LogP contribution >= 0.6 is 11.3 Å².